The average molecular weight is 185 g/mol. The average Bonchev–Trinajstić information content (AvgIpc) is 2.05. The fourth-order valence-electron chi connectivity index (χ4n) is 0.982. The summed E-state index contributed by atoms with van der Waals surface area (Å²) in [6, 6.07) is 8.38. The molecule has 0 heterocycles. The van der Waals surface area contributed by atoms with Gasteiger partial charge in [0.2, 0.25) is 0 Å². The predicted octanol–water partition coefficient (Wildman–Crippen LogP) is 2.86. The molecule has 0 aliphatic rings. The Labute approximate surface area is 73.4 Å². The molecule has 1 aromatic carbocycles. The van der Waals surface area contributed by atoms with Crippen LogP contribution >= 0.6 is 0 Å². The van der Waals surface area contributed by atoms with E-state index in [1.165, 1.54) is 30.3 Å². The van der Waals surface area contributed by atoms with Crippen molar-refractivity contribution in [3.63, 3.8) is 0 Å². The lowest BCUT2D eigenvalue weighted by Crippen LogP contribution is -2.18. The molecule has 0 amide bonds. The molecule has 1 rings (SSSR count). The third-order valence-corrected chi connectivity index (χ3v) is 1.59. The van der Waals surface area contributed by atoms with Crippen LogP contribution in [0.1, 0.15) is 11.5 Å². The van der Waals surface area contributed by atoms with Crippen LogP contribution in [0.15, 0.2) is 30.3 Å². The van der Waals surface area contributed by atoms with Crippen molar-refractivity contribution in [1.29, 1.82) is 5.26 Å². The molecule has 0 fully saturated rings. The molecule has 1 aromatic rings. The molecule has 13 heavy (non-hydrogen) atoms. The third-order valence-electron chi connectivity index (χ3n) is 1.59. The largest absolute Gasteiger partial charge is 0.408 e. The molecule has 4 heteroatoms. The normalized spacial score (nSPS) is 13.4. The minimum absolute atomic E-state index is 0.0162. The molecule has 1 atom stereocenters. The lowest BCUT2D eigenvalue weighted by atomic mass is 10.0. The number of hydrogen-bond donors (Lipinski definition) is 0. The van der Waals surface area contributed by atoms with Gasteiger partial charge in [0.05, 0.1) is 6.07 Å². The quantitative estimate of drug-likeness (QED) is 0.659. The standard InChI is InChI=1S/C9H6F3N/c10-9(11,12)8(6-13)7-4-2-1-3-5-7/h1-5,8H/t8-/m0/s1. The zero-order valence-electron chi connectivity index (χ0n) is 6.55. The molecular formula is C9H6F3N. The van der Waals surface area contributed by atoms with Gasteiger partial charge in [-0.05, 0) is 5.56 Å². The summed E-state index contributed by atoms with van der Waals surface area (Å²) in [5.74, 6) is -2.02. The van der Waals surface area contributed by atoms with E-state index in [4.69, 9.17) is 5.26 Å². The van der Waals surface area contributed by atoms with Crippen LogP contribution in [0, 0.1) is 11.3 Å². The van der Waals surface area contributed by atoms with Crippen LogP contribution < -0.4 is 0 Å². The number of alkyl halides is 3. The highest BCUT2D eigenvalue weighted by atomic mass is 19.4. The van der Waals surface area contributed by atoms with Crippen LogP contribution in [0.5, 0.6) is 0 Å². The fourth-order valence-corrected chi connectivity index (χ4v) is 0.982. The molecule has 0 saturated carbocycles. The van der Waals surface area contributed by atoms with Crippen molar-refractivity contribution in [2.45, 2.75) is 12.1 Å². The Morgan fingerprint density at radius 1 is 1.15 bits per heavy atom. The summed E-state index contributed by atoms with van der Waals surface area (Å²) in [7, 11) is 0. The van der Waals surface area contributed by atoms with Gasteiger partial charge < -0.3 is 0 Å². The molecule has 0 spiro atoms. The highest BCUT2D eigenvalue weighted by Gasteiger charge is 2.40. The van der Waals surface area contributed by atoms with Crippen molar-refractivity contribution >= 4 is 0 Å². The Bertz CT molecular complexity index is 310. The van der Waals surface area contributed by atoms with E-state index >= 15 is 0 Å². The van der Waals surface area contributed by atoms with Gasteiger partial charge in [0, 0.05) is 0 Å². The minimum Gasteiger partial charge on any atom is -0.197 e. The van der Waals surface area contributed by atoms with Gasteiger partial charge >= 0.3 is 6.18 Å². The summed E-state index contributed by atoms with van der Waals surface area (Å²) >= 11 is 0. The third kappa shape index (κ3) is 2.22. The monoisotopic (exact) mass is 185 g/mol. The number of hydrogen-bond acceptors (Lipinski definition) is 1. The zero-order valence-corrected chi connectivity index (χ0v) is 6.55. The smallest absolute Gasteiger partial charge is 0.197 e. The Morgan fingerprint density at radius 2 is 1.69 bits per heavy atom. The van der Waals surface area contributed by atoms with Gasteiger partial charge in [-0.1, -0.05) is 30.3 Å². The van der Waals surface area contributed by atoms with Crippen LogP contribution in [-0.2, 0) is 0 Å². The number of benzene rings is 1. The first-order valence-corrected chi connectivity index (χ1v) is 3.57. The van der Waals surface area contributed by atoms with E-state index in [-0.39, 0.29) is 5.56 Å². The molecule has 0 radical (unpaired) electrons. The molecule has 0 aliphatic carbocycles. The molecule has 0 saturated heterocycles. The summed E-state index contributed by atoms with van der Waals surface area (Å²) < 4.78 is 36.6. The Morgan fingerprint density at radius 3 is 2.08 bits per heavy atom. The van der Waals surface area contributed by atoms with Gasteiger partial charge in [-0.3, -0.25) is 0 Å². The van der Waals surface area contributed by atoms with E-state index in [9.17, 15) is 13.2 Å². The maximum Gasteiger partial charge on any atom is 0.408 e. The number of nitriles is 1. The van der Waals surface area contributed by atoms with E-state index in [0.29, 0.717) is 0 Å². The summed E-state index contributed by atoms with van der Waals surface area (Å²) in [6.07, 6.45) is -4.49. The second-order valence-electron chi connectivity index (χ2n) is 2.51. The number of nitrogens with zero attached hydrogens (tertiary/aromatic N) is 1. The second kappa shape index (κ2) is 3.48. The first kappa shape index (κ1) is 9.59. The van der Waals surface area contributed by atoms with Gasteiger partial charge in [-0.15, -0.1) is 0 Å². The van der Waals surface area contributed by atoms with Crippen LogP contribution in [0.2, 0.25) is 0 Å². The van der Waals surface area contributed by atoms with E-state index in [0.717, 1.165) is 0 Å². The van der Waals surface area contributed by atoms with E-state index < -0.39 is 12.1 Å². The van der Waals surface area contributed by atoms with Crippen LogP contribution in [0.4, 0.5) is 13.2 Å². The fraction of sp³-hybridized carbons (Fsp3) is 0.222. The topological polar surface area (TPSA) is 23.8 Å². The highest BCUT2D eigenvalue weighted by Crippen LogP contribution is 2.33. The summed E-state index contributed by atoms with van der Waals surface area (Å²) in [5.41, 5.74) is -0.0162. The number of halogens is 3. The second-order valence-corrected chi connectivity index (χ2v) is 2.51. The molecule has 0 aliphatic heterocycles. The van der Waals surface area contributed by atoms with E-state index in [1.54, 1.807) is 6.07 Å². The van der Waals surface area contributed by atoms with Crippen LogP contribution in [-0.4, -0.2) is 6.18 Å². The maximum atomic E-state index is 12.2. The number of rotatable bonds is 1. The highest BCUT2D eigenvalue weighted by molar-refractivity contribution is 5.26. The van der Waals surface area contributed by atoms with Crippen LogP contribution in [0.25, 0.3) is 0 Å². The minimum atomic E-state index is -4.49. The lowest BCUT2D eigenvalue weighted by Gasteiger charge is -2.12. The SMILES string of the molecule is N#C[C@@H](c1ccccc1)C(F)(F)F. The first-order chi connectivity index (χ1) is 6.05. The zero-order chi connectivity index (χ0) is 9.90. The summed E-state index contributed by atoms with van der Waals surface area (Å²) in [4.78, 5) is 0. The summed E-state index contributed by atoms with van der Waals surface area (Å²) in [5, 5.41) is 8.35. The molecule has 1 nitrogen and oxygen atoms in total. The van der Waals surface area contributed by atoms with E-state index in [1.807, 2.05) is 0 Å². The van der Waals surface area contributed by atoms with Gasteiger partial charge in [0.15, 0.2) is 5.92 Å². The van der Waals surface area contributed by atoms with Crippen molar-refractivity contribution in [2.75, 3.05) is 0 Å². The van der Waals surface area contributed by atoms with Gasteiger partial charge in [-0.25, -0.2) is 0 Å². The van der Waals surface area contributed by atoms with Gasteiger partial charge in [-0.2, -0.15) is 18.4 Å². The van der Waals surface area contributed by atoms with Crippen molar-refractivity contribution < 1.29 is 13.2 Å². The lowest BCUT2D eigenvalue weighted by molar-refractivity contribution is -0.137. The van der Waals surface area contributed by atoms with Crippen molar-refractivity contribution in [3.8, 4) is 6.07 Å². The first-order valence-electron chi connectivity index (χ1n) is 3.57. The molecule has 68 valence electrons. The summed E-state index contributed by atoms with van der Waals surface area (Å²) in [6.45, 7) is 0. The maximum absolute atomic E-state index is 12.2. The van der Waals surface area contributed by atoms with Crippen molar-refractivity contribution in [3.05, 3.63) is 35.9 Å². The Balaban J connectivity index is 3.01. The molecule has 0 bridgehead atoms. The van der Waals surface area contributed by atoms with E-state index in [2.05, 4.69) is 0 Å². The van der Waals surface area contributed by atoms with Gasteiger partial charge in [0.25, 0.3) is 0 Å². The predicted molar refractivity (Wildman–Crippen MR) is 40.9 cm³/mol. The molecular weight excluding hydrogens is 179 g/mol. The van der Waals surface area contributed by atoms with Crippen molar-refractivity contribution in [1.82, 2.24) is 0 Å². The molecule has 0 unspecified atom stereocenters. The van der Waals surface area contributed by atoms with Crippen molar-refractivity contribution in [2.24, 2.45) is 0 Å². The Kier molecular flexibility index (Phi) is 2.57. The molecule has 0 N–H and O–H groups in total. The van der Waals surface area contributed by atoms with Gasteiger partial charge in [0.1, 0.15) is 0 Å². The Hall–Kier alpha value is -1.50. The van der Waals surface area contributed by atoms with Crippen LogP contribution in [0.3, 0.4) is 0 Å². The molecule has 0 aromatic heterocycles.